The van der Waals surface area contributed by atoms with Gasteiger partial charge in [0.05, 0.1) is 11.9 Å². The van der Waals surface area contributed by atoms with Crippen LogP contribution < -0.4 is 5.32 Å². The Morgan fingerprint density at radius 2 is 2.12 bits per heavy atom. The van der Waals surface area contributed by atoms with Gasteiger partial charge in [0.2, 0.25) is 0 Å². The molecule has 2 aromatic rings. The molecule has 3 nitrogen and oxygen atoms in total. The van der Waals surface area contributed by atoms with Gasteiger partial charge < -0.3 is 5.32 Å². The van der Waals surface area contributed by atoms with Crippen LogP contribution in [0.4, 0.5) is 0 Å². The molecular weight excluding hydrogens is 198 g/mol. The first-order chi connectivity index (χ1) is 7.81. The van der Waals surface area contributed by atoms with Crippen molar-refractivity contribution in [1.29, 1.82) is 0 Å². The molecule has 84 valence electrons. The van der Waals surface area contributed by atoms with E-state index in [1.54, 1.807) is 0 Å². The van der Waals surface area contributed by atoms with Crippen LogP contribution in [0.15, 0.2) is 36.7 Å². The maximum absolute atomic E-state index is 4.38. The molecule has 0 radical (unpaired) electrons. The van der Waals surface area contributed by atoms with Gasteiger partial charge in [0.25, 0.3) is 0 Å². The van der Waals surface area contributed by atoms with Crippen molar-refractivity contribution in [2.24, 2.45) is 0 Å². The molecule has 0 aliphatic heterocycles. The summed E-state index contributed by atoms with van der Waals surface area (Å²) in [5.41, 5.74) is 3.59. The molecule has 0 aliphatic carbocycles. The number of hydrogen-bond donors (Lipinski definition) is 1. The second-order valence-corrected chi connectivity index (χ2v) is 3.86. The molecule has 16 heavy (non-hydrogen) atoms. The molecule has 0 atom stereocenters. The van der Waals surface area contributed by atoms with E-state index in [4.69, 9.17) is 0 Å². The van der Waals surface area contributed by atoms with E-state index >= 15 is 0 Å². The van der Waals surface area contributed by atoms with Gasteiger partial charge in [0.15, 0.2) is 0 Å². The van der Waals surface area contributed by atoms with E-state index in [1.165, 1.54) is 11.1 Å². The lowest BCUT2D eigenvalue weighted by atomic mass is 10.2. The average molecular weight is 215 g/mol. The Bertz CT molecular complexity index is 460. The first kappa shape index (κ1) is 10.9. The van der Waals surface area contributed by atoms with Crippen LogP contribution in [0, 0.1) is 6.92 Å². The molecule has 2 rings (SSSR count). The summed E-state index contributed by atoms with van der Waals surface area (Å²) in [4.78, 5) is 0. The summed E-state index contributed by atoms with van der Waals surface area (Å²) in [5, 5.41) is 7.67. The third-order valence-corrected chi connectivity index (χ3v) is 2.58. The van der Waals surface area contributed by atoms with Gasteiger partial charge in [0, 0.05) is 18.3 Å². The fourth-order valence-corrected chi connectivity index (χ4v) is 1.67. The Kier molecular flexibility index (Phi) is 3.37. The Morgan fingerprint density at radius 3 is 2.88 bits per heavy atom. The zero-order valence-electron chi connectivity index (χ0n) is 9.77. The minimum absolute atomic E-state index is 0.877. The number of aromatic nitrogens is 2. The fourth-order valence-electron chi connectivity index (χ4n) is 1.67. The molecule has 0 bridgehead atoms. The van der Waals surface area contributed by atoms with Gasteiger partial charge in [-0.05, 0) is 25.1 Å². The lowest BCUT2D eigenvalue weighted by molar-refractivity contribution is 0.726. The van der Waals surface area contributed by atoms with E-state index in [1.807, 2.05) is 23.0 Å². The highest BCUT2D eigenvalue weighted by molar-refractivity contribution is 5.39. The molecule has 0 spiro atoms. The summed E-state index contributed by atoms with van der Waals surface area (Å²) in [6.45, 7) is 6.06. The molecule has 0 amide bonds. The predicted molar refractivity (Wildman–Crippen MR) is 65.7 cm³/mol. The lowest BCUT2D eigenvalue weighted by Gasteiger charge is -2.04. The van der Waals surface area contributed by atoms with Crippen LogP contribution in [-0.2, 0) is 6.54 Å². The minimum atomic E-state index is 0.877. The molecule has 0 saturated heterocycles. The first-order valence-corrected chi connectivity index (χ1v) is 5.61. The van der Waals surface area contributed by atoms with Gasteiger partial charge >= 0.3 is 0 Å². The number of rotatable bonds is 4. The van der Waals surface area contributed by atoms with Crippen LogP contribution >= 0.6 is 0 Å². The van der Waals surface area contributed by atoms with Crippen molar-refractivity contribution in [2.45, 2.75) is 20.4 Å². The molecule has 1 aromatic carbocycles. The third kappa shape index (κ3) is 2.31. The summed E-state index contributed by atoms with van der Waals surface area (Å²) in [7, 11) is 0. The van der Waals surface area contributed by atoms with Gasteiger partial charge in [-0.3, -0.25) is 0 Å². The minimum Gasteiger partial charge on any atom is -0.313 e. The molecule has 0 aliphatic rings. The summed E-state index contributed by atoms with van der Waals surface area (Å²) in [5.74, 6) is 0. The number of hydrogen-bond acceptors (Lipinski definition) is 2. The summed E-state index contributed by atoms with van der Waals surface area (Å²) < 4.78 is 1.93. The fraction of sp³-hybridized carbons (Fsp3) is 0.308. The van der Waals surface area contributed by atoms with E-state index in [9.17, 15) is 0 Å². The molecular formula is C13H17N3. The third-order valence-electron chi connectivity index (χ3n) is 2.58. The predicted octanol–water partition coefficient (Wildman–Crippen LogP) is 2.29. The normalized spacial score (nSPS) is 10.6. The standard InChI is InChI=1S/C13H17N3/c1-3-14-8-12-9-15-16(10-12)13-7-5-4-6-11(13)2/h4-7,9-10,14H,3,8H2,1-2H3. The maximum atomic E-state index is 4.38. The second kappa shape index (κ2) is 4.94. The van der Waals surface area contributed by atoms with E-state index in [0.29, 0.717) is 0 Å². The molecule has 3 heteroatoms. The molecule has 0 fully saturated rings. The molecule has 0 unspecified atom stereocenters. The highest BCUT2D eigenvalue weighted by Gasteiger charge is 2.02. The number of para-hydroxylation sites is 1. The monoisotopic (exact) mass is 215 g/mol. The molecule has 1 N–H and O–H groups in total. The van der Waals surface area contributed by atoms with E-state index in [0.717, 1.165) is 18.8 Å². The van der Waals surface area contributed by atoms with Crippen molar-refractivity contribution in [3.05, 3.63) is 47.8 Å². The summed E-state index contributed by atoms with van der Waals surface area (Å²) >= 11 is 0. The second-order valence-electron chi connectivity index (χ2n) is 3.86. The van der Waals surface area contributed by atoms with Crippen molar-refractivity contribution < 1.29 is 0 Å². The van der Waals surface area contributed by atoms with Gasteiger partial charge in [-0.2, -0.15) is 5.10 Å². The van der Waals surface area contributed by atoms with Gasteiger partial charge in [0.1, 0.15) is 0 Å². The number of nitrogens with zero attached hydrogens (tertiary/aromatic N) is 2. The maximum Gasteiger partial charge on any atom is 0.0674 e. The lowest BCUT2D eigenvalue weighted by Crippen LogP contribution is -2.10. The Morgan fingerprint density at radius 1 is 1.31 bits per heavy atom. The van der Waals surface area contributed by atoms with Crippen LogP contribution in [0.25, 0.3) is 5.69 Å². The zero-order chi connectivity index (χ0) is 11.4. The molecule has 1 heterocycles. The smallest absolute Gasteiger partial charge is 0.0674 e. The Hall–Kier alpha value is -1.61. The van der Waals surface area contributed by atoms with Crippen LogP contribution in [0.3, 0.4) is 0 Å². The van der Waals surface area contributed by atoms with Crippen LogP contribution in [0.5, 0.6) is 0 Å². The van der Waals surface area contributed by atoms with E-state index < -0.39 is 0 Å². The Labute approximate surface area is 96.1 Å². The summed E-state index contributed by atoms with van der Waals surface area (Å²) in [6.07, 6.45) is 3.99. The highest BCUT2D eigenvalue weighted by Crippen LogP contribution is 2.12. The zero-order valence-corrected chi connectivity index (χ0v) is 9.77. The largest absolute Gasteiger partial charge is 0.313 e. The van der Waals surface area contributed by atoms with Crippen molar-refractivity contribution in [3.63, 3.8) is 0 Å². The van der Waals surface area contributed by atoms with Crippen molar-refractivity contribution >= 4 is 0 Å². The average Bonchev–Trinajstić information content (AvgIpc) is 2.75. The van der Waals surface area contributed by atoms with Crippen molar-refractivity contribution in [1.82, 2.24) is 15.1 Å². The SMILES string of the molecule is CCNCc1cnn(-c2ccccc2C)c1. The van der Waals surface area contributed by atoms with Crippen LogP contribution in [-0.4, -0.2) is 16.3 Å². The number of nitrogens with one attached hydrogen (secondary N) is 1. The van der Waals surface area contributed by atoms with Crippen molar-refractivity contribution in [3.8, 4) is 5.69 Å². The molecule has 0 saturated carbocycles. The van der Waals surface area contributed by atoms with E-state index in [2.05, 4.69) is 42.6 Å². The van der Waals surface area contributed by atoms with Crippen LogP contribution in [0.1, 0.15) is 18.1 Å². The number of aryl methyl sites for hydroxylation is 1. The van der Waals surface area contributed by atoms with Gasteiger partial charge in [-0.25, -0.2) is 4.68 Å². The van der Waals surface area contributed by atoms with Crippen molar-refractivity contribution in [2.75, 3.05) is 6.54 Å². The quantitative estimate of drug-likeness (QED) is 0.848. The van der Waals surface area contributed by atoms with Gasteiger partial charge in [-0.1, -0.05) is 25.1 Å². The van der Waals surface area contributed by atoms with Crippen LogP contribution in [0.2, 0.25) is 0 Å². The van der Waals surface area contributed by atoms with Gasteiger partial charge in [-0.15, -0.1) is 0 Å². The highest BCUT2D eigenvalue weighted by atomic mass is 15.3. The Balaban J connectivity index is 2.22. The summed E-state index contributed by atoms with van der Waals surface area (Å²) in [6, 6.07) is 8.26. The number of benzene rings is 1. The topological polar surface area (TPSA) is 29.9 Å². The first-order valence-electron chi connectivity index (χ1n) is 5.61. The van der Waals surface area contributed by atoms with E-state index in [-0.39, 0.29) is 0 Å². The molecule has 1 aromatic heterocycles.